The molecule has 0 spiro atoms. The molecule has 3 aromatic rings. The summed E-state index contributed by atoms with van der Waals surface area (Å²) in [5, 5.41) is 23.2. The van der Waals surface area contributed by atoms with Crippen LogP contribution in [0.5, 0.6) is 11.5 Å². The van der Waals surface area contributed by atoms with Crippen molar-refractivity contribution in [2.24, 2.45) is 17.3 Å². The number of thiazole rings is 1. The zero-order valence-electron chi connectivity index (χ0n) is 33.8. The molecule has 2 aromatic heterocycles. The van der Waals surface area contributed by atoms with Crippen LogP contribution in [0, 0.1) is 17.3 Å². The van der Waals surface area contributed by atoms with Crippen LogP contribution in [0.2, 0.25) is 0 Å². The van der Waals surface area contributed by atoms with E-state index in [0.717, 1.165) is 25.7 Å². The number of carboxylic acid groups (broad SMARTS) is 1. The van der Waals surface area contributed by atoms with E-state index in [4.69, 9.17) is 19.2 Å². The Morgan fingerprint density at radius 3 is 2.40 bits per heavy atom. The normalized spacial score (nSPS) is 22.1. The fraction of sp³-hybridized carbons (Fsp3) is 0.525. The van der Waals surface area contributed by atoms with Gasteiger partial charge in [-0.15, -0.1) is 17.9 Å². The van der Waals surface area contributed by atoms with Gasteiger partial charge in [0, 0.05) is 35.1 Å². The Balaban J connectivity index is 0.00000641. The average molecular weight is 892 g/mol. The topological polar surface area (TPSA) is 201 Å². The van der Waals surface area contributed by atoms with Gasteiger partial charge in [-0.2, -0.15) is 0 Å². The number of benzene rings is 1. The summed E-state index contributed by atoms with van der Waals surface area (Å²) in [4.78, 5) is 77.3. The summed E-state index contributed by atoms with van der Waals surface area (Å²) in [5.74, 6) is -2.79. The molecule has 2 aliphatic carbocycles. The van der Waals surface area contributed by atoms with Gasteiger partial charge in [0.15, 0.2) is 5.13 Å². The van der Waals surface area contributed by atoms with Gasteiger partial charge in [-0.25, -0.2) is 14.8 Å². The summed E-state index contributed by atoms with van der Waals surface area (Å²) in [6.07, 6.45) is 3.19. The molecule has 1 aromatic carbocycles. The largest absolute Gasteiger partial charge is 1.00 e. The molecule has 3 N–H and O–H groups in total. The first-order valence-corrected chi connectivity index (χ1v) is 20.7. The van der Waals surface area contributed by atoms with Crippen LogP contribution in [0.4, 0.5) is 9.93 Å². The molecule has 2 saturated carbocycles. The number of aliphatic carboxylic acids is 1. The van der Waals surface area contributed by atoms with E-state index in [0.29, 0.717) is 43.4 Å². The summed E-state index contributed by atoms with van der Waals surface area (Å²) in [6, 6.07) is 2.95. The number of fused-ring (bicyclic) bond motifs is 1. The fourth-order valence-electron chi connectivity index (χ4n) is 7.28. The van der Waals surface area contributed by atoms with Gasteiger partial charge >= 0.3 is 35.7 Å². The number of rotatable bonds is 13. The van der Waals surface area contributed by atoms with Crippen LogP contribution in [0.1, 0.15) is 73.1 Å². The van der Waals surface area contributed by atoms with E-state index in [9.17, 15) is 29.1 Å². The number of likely N-dealkylation sites (tertiary alicyclic amines) is 1. The summed E-state index contributed by atoms with van der Waals surface area (Å²) in [6.45, 7) is 12.6. The molecule has 58 heavy (non-hydrogen) atoms. The van der Waals surface area contributed by atoms with Crippen LogP contribution in [0.25, 0.3) is 22.3 Å². The molecule has 3 aliphatic rings. The summed E-state index contributed by atoms with van der Waals surface area (Å²) >= 11 is 4.86. The van der Waals surface area contributed by atoms with Crippen molar-refractivity contribution < 1.29 is 72.8 Å². The molecule has 3 heterocycles. The molecule has 1 saturated heterocycles. The van der Waals surface area contributed by atoms with Crippen molar-refractivity contribution in [2.45, 2.75) is 103 Å². The number of alkyl carbamates (subject to hydrolysis) is 1. The number of pyridine rings is 1. The smallest absolute Gasteiger partial charge is 0.548 e. The predicted octanol–water partition coefficient (Wildman–Crippen LogP) is 1.97. The van der Waals surface area contributed by atoms with Crippen molar-refractivity contribution in [3.05, 3.63) is 40.7 Å². The maximum Gasteiger partial charge on any atom is 1.00 e. The first-order valence-electron chi connectivity index (χ1n) is 19.0. The molecule has 0 radical (unpaired) electrons. The van der Waals surface area contributed by atoms with Crippen molar-refractivity contribution in [1.82, 2.24) is 25.5 Å². The first kappa shape index (κ1) is 45.3. The van der Waals surface area contributed by atoms with Crippen molar-refractivity contribution in [1.29, 1.82) is 0 Å². The molecule has 6 rings (SSSR count). The fourth-order valence-corrected chi connectivity index (χ4v) is 8.58. The number of halogens is 1. The van der Waals surface area contributed by atoms with Gasteiger partial charge in [-0.1, -0.05) is 40.7 Å². The number of nitrogens with zero attached hydrogens (tertiary/aromatic N) is 3. The number of methoxy groups -OCH3 is 1. The van der Waals surface area contributed by atoms with Gasteiger partial charge < -0.3 is 45.0 Å². The number of carbonyl (C=O) groups is 5. The van der Waals surface area contributed by atoms with E-state index in [1.165, 1.54) is 29.4 Å². The third kappa shape index (κ3) is 9.64. The zero-order chi connectivity index (χ0) is 41.4. The average Bonchev–Trinajstić information content (AvgIpc) is 3.57. The van der Waals surface area contributed by atoms with Gasteiger partial charge in [0.05, 0.1) is 40.8 Å². The minimum absolute atomic E-state index is 0. The van der Waals surface area contributed by atoms with E-state index in [2.05, 4.69) is 43.4 Å². The van der Waals surface area contributed by atoms with E-state index in [1.807, 2.05) is 0 Å². The Bertz CT molecular complexity index is 2090. The molecule has 4 amide bonds. The second-order valence-electron chi connectivity index (χ2n) is 16.2. The molecule has 5 atom stereocenters. The molecule has 18 heteroatoms. The van der Waals surface area contributed by atoms with Crippen LogP contribution in [0.15, 0.2) is 40.7 Å². The SMILES string of the molecule is C=C[C@@H]1C[C@]1(NC(=O)[C@H]1C[C@H](Oc2cc(-c3csc(NC(=O)C(C)C)n3)nc3c(Br)c(OC)ccc23)CN1C(=O)[C@H](NC(=O)OC1CCCC1)C(C)(C)C)C(=O)[O-].[Na+]. The molecule has 3 fully saturated rings. The standard InChI is InChI=1S/C40H49BrN6O9S.Na/c1-8-21-17-40(21,36(51)52)46-34(49)27-15-23(18-47(27)35(50)32(39(4,5)6)44-38(53)56-22-11-9-10-12-22)55-29-16-25(26-19-57-37(43-26)45-33(48)20(2)3)42-31-24(29)13-14-28(54-7)30(31)41;/h8,13-14,16,19-23,27,32H,1,9-12,15,17-18H2,2-7H3,(H,44,53)(H,46,49)(H,51,52)(H,43,45,48);/q;+1/p-1/t21-,23+,27-,32+,40-;/m1./s1. The monoisotopic (exact) mass is 890 g/mol. The molecule has 0 bridgehead atoms. The van der Waals surface area contributed by atoms with Crippen molar-refractivity contribution in [2.75, 3.05) is 19.0 Å². The third-order valence-electron chi connectivity index (χ3n) is 10.7. The number of hydrogen-bond donors (Lipinski definition) is 3. The molecular formula is C40H48BrN6NaO9S. The zero-order valence-corrected chi connectivity index (χ0v) is 38.2. The number of aromatic nitrogens is 2. The van der Waals surface area contributed by atoms with E-state index >= 15 is 0 Å². The summed E-state index contributed by atoms with van der Waals surface area (Å²) < 4.78 is 18.4. The van der Waals surface area contributed by atoms with E-state index in [-0.39, 0.29) is 66.9 Å². The number of nitrogens with one attached hydrogen (secondary N) is 3. The van der Waals surface area contributed by atoms with Crippen LogP contribution >= 0.6 is 27.3 Å². The van der Waals surface area contributed by atoms with Crippen molar-refractivity contribution >= 4 is 73.1 Å². The Morgan fingerprint density at radius 2 is 1.79 bits per heavy atom. The van der Waals surface area contributed by atoms with Gasteiger partial charge in [0.1, 0.15) is 41.5 Å². The van der Waals surface area contributed by atoms with Gasteiger partial charge in [-0.05, 0) is 65.6 Å². The van der Waals surface area contributed by atoms with E-state index in [1.54, 1.807) is 58.2 Å². The Morgan fingerprint density at radius 1 is 1.09 bits per heavy atom. The molecular weight excluding hydrogens is 843 g/mol. The molecule has 15 nitrogen and oxygen atoms in total. The first-order chi connectivity index (χ1) is 26.9. The van der Waals surface area contributed by atoms with E-state index < -0.39 is 58.9 Å². The predicted molar refractivity (Wildman–Crippen MR) is 214 cm³/mol. The Kier molecular flexibility index (Phi) is 14.2. The van der Waals surface area contributed by atoms with Crippen LogP contribution < -0.4 is 60.1 Å². The number of ether oxygens (including phenoxy) is 3. The van der Waals surface area contributed by atoms with Crippen LogP contribution in [-0.2, 0) is 23.9 Å². The molecule has 0 unspecified atom stereocenters. The summed E-state index contributed by atoms with van der Waals surface area (Å²) in [5.41, 5.74) is -1.09. The second-order valence-corrected chi connectivity index (χ2v) is 17.8. The maximum atomic E-state index is 14.6. The number of hydrogen-bond acceptors (Lipinski definition) is 12. The number of carboxylic acids is 1. The van der Waals surface area contributed by atoms with Crippen LogP contribution in [0.3, 0.4) is 0 Å². The minimum Gasteiger partial charge on any atom is -0.548 e. The van der Waals surface area contributed by atoms with Gasteiger partial charge in [-0.3, -0.25) is 14.4 Å². The maximum absolute atomic E-state index is 14.6. The quantitative estimate of drug-likeness (QED) is 0.168. The van der Waals surface area contributed by atoms with Crippen molar-refractivity contribution in [3.63, 3.8) is 0 Å². The van der Waals surface area contributed by atoms with Crippen LogP contribution in [-0.4, -0.2) is 88.1 Å². The van der Waals surface area contributed by atoms with Gasteiger partial charge in [0.25, 0.3) is 0 Å². The summed E-state index contributed by atoms with van der Waals surface area (Å²) in [7, 11) is 1.53. The third-order valence-corrected chi connectivity index (χ3v) is 12.2. The minimum atomic E-state index is -1.65. The Labute approximate surface area is 371 Å². The number of carbonyl (C=O) groups excluding carboxylic acids is 5. The molecule has 306 valence electrons. The van der Waals surface area contributed by atoms with Gasteiger partial charge in [0.2, 0.25) is 17.7 Å². The second kappa shape index (κ2) is 18.2. The number of anilines is 1. The Hall–Kier alpha value is -3.77. The number of amides is 4. The molecule has 1 aliphatic heterocycles. The van der Waals surface area contributed by atoms with Crippen molar-refractivity contribution in [3.8, 4) is 22.9 Å².